The van der Waals surface area contributed by atoms with Gasteiger partial charge in [0.25, 0.3) is 0 Å². The van der Waals surface area contributed by atoms with Gasteiger partial charge in [0.15, 0.2) is 0 Å². The predicted octanol–water partition coefficient (Wildman–Crippen LogP) is 4.46. The summed E-state index contributed by atoms with van der Waals surface area (Å²) in [5.41, 5.74) is 2.76. The first-order chi connectivity index (χ1) is 8.66. The summed E-state index contributed by atoms with van der Waals surface area (Å²) in [6.07, 6.45) is 1.45. The monoisotopic (exact) mass is 278 g/mol. The molecule has 2 nitrogen and oxygen atoms in total. The van der Waals surface area contributed by atoms with Crippen molar-refractivity contribution < 1.29 is 4.39 Å². The molecule has 0 spiro atoms. The largest absolute Gasteiger partial charge is 0.235 e. The van der Waals surface area contributed by atoms with Gasteiger partial charge in [0.1, 0.15) is 17.3 Å². The molecule has 0 N–H and O–H groups in total. The van der Waals surface area contributed by atoms with Crippen molar-refractivity contribution in [1.82, 2.24) is 9.97 Å². The highest BCUT2D eigenvalue weighted by atomic mass is 35.5. The number of aromatic nitrogens is 2. The van der Waals surface area contributed by atoms with Crippen LogP contribution in [-0.2, 0) is 0 Å². The standard InChI is InChI=1S/C13H8ClFN2S/c1-7-10(8-2-4-9(15)5-3-8)11-12(18-7)13(14)17-6-16-11/h2-6H,1H3. The molecule has 3 rings (SSSR count). The molecule has 1 aromatic carbocycles. The van der Waals surface area contributed by atoms with Crippen molar-refractivity contribution in [3.05, 3.63) is 46.4 Å². The van der Waals surface area contributed by atoms with Crippen molar-refractivity contribution in [1.29, 1.82) is 0 Å². The predicted molar refractivity (Wildman–Crippen MR) is 72.6 cm³/mol. The number of fused-ring (bicyclic) bond motifs is 1. The topological polar surface area (TPSA) is 25.8 Å². The van der Waals surface area contributed by atoms with Gasteiger partial charge < -0.3 is 0 Å². The van der Waals surface area contributed by atoms with Gasteiger partial charge in [-0.05, 0) is 24.6 Å². The van der Waals surface area contributed by atoms with Crippen LogP contribution < -0.4 is 0 Å². The number of aryl methyl sites for hydroxylation is 1. The Morgan fingerprint density at radius 2 is 1.89 bits per heavy atom. The number of rotatable bonds is 1. The van der Waals surface area contributed by atoms with Crippen LogP contribution in [0.4, 0.5) is 4.39 Å². The first-order valence-corrected chi connectivity index (χ1v) is 6.52. The van der Waals surface area contributed by atoms with Crippen molar-refractivity contribution in [2.75, 3.05) is 0 Å². The van der Waals surface area contributed by atoms with Gasteiger partial charge in [-0.3, -0.25) is 0 Å². The molecular formula is C13H8ClFN2S. The fraction of sp³-hybridized carbons (Fsp3) is 0.0769. The third-order valence-electron chi connectivity index (χ3n) is 2.74. The Bertz CT molecular complexity index is 722. The zero-order chi connectivity index (χ0) is 12.7. The maximum absolute atomic E-state index is 13.0. The van der Waals surface area contributed by atoms with Gasteiger partial charge in [0, 0.05) is 10.4 Å². The summed E-state index contributed by atoms with van der Waals surface area (Å²) in [6.45, 7) is 2.00. The Morgan fingerprint density at radius 1 is 1.17 bits per heavy atom. The maximum atomic E-state index is 13.0. The van der Waals surface area contributed by atoms with E-state index in [0.717, 1.165) is 26.2 Å². The second kappa shape index (κ2) is 4.30. The molecule has 0 fully saturated rings. The average Bonchev–Trinajstić information content (AvgIpc) is 2.69. The first-order valence-electron chi connectivity index (χ1n) is 5.32. The van der Waals surface area contributed by atoms with Crippen molar-refractivity contribution in [2.24, 2.45) is 0 Å². The Hall–Kier alpha value is -1.52. The maximum Gasteiger partial charge on any atom is 0.150 e. The lowest BCUT2D eigenvalue weighted by molar-refractivity contribution is 0.628. The lowest BCUT2D eigenvalue weighted by Crippen LogP contribution is -1.83. The summed E-state index contributed by atoms with van der Waals surface area (Å²) in [6, 6.07) is 6.39. The molecule has 0 saturated heterocycles. The molecule has 0 aliphatic heterocycles. The van der Waals surface area contributed by atoms with Crippen LogP contribution in [0.1, 0.15) is 4.88 Å². The minimum absolute atomic E-state index is 0.247. The Balaban J connectivity index is 2.32. The molecule has 0 bridgehead atoms. The molecule has 90 valence electrons. The lowest BCUT2D eigenvalue weighted by Gasteiger charge is -2.01. The second-order valence-corrected chi connectivity index (χ2v) is 5.47. The van der Waals surface area contributed by atoms with Crippen LogP contribution in [0.25, 0.3) is 21.3 Å². The van der Waals surface area contributed by atoms with E-state index in [1.807, 2.05) is 6.92 Å². The van der Waals surface area contributed by atoms with E-state index in [1.54, 1.807) is 23.5 Å². The zero-order valence-corrected chi connectivity index (χ0v) is 11.0. The van der Waals surface area contributed by atoms with E-state index in [2.05, 4.69) is 9.97 Å². The molecule has 0 saturated carbocycles. The molecule has 3 aromatic rings. The van der Waals surface area contributed by atoms with Gasteiger partial charge in [0.2, 0.25) is 0 Å². The highest BCUT2D eigenvalue weighted by Gasteiger charge is 2.14. The second-order valence-electron chi connectivity index (χ2n) is 3.88. The molecule has 0 unspecified atom stereocenters. The van der Waals surface area contributed by atoms with Crippen molar-refractivity contribution >= 4 is 33.2 Å². The molecule has 0 aliphatic carbocycles. The van der Waals surface area contributed by atoms with E-state index in [-0.39, 0.29) is 5.82 Å². The van der Waals surface area contributed by atoms with Gasteiger partial charge >= 0.3 is 0 Å². The number of thiophene rings is 1. The minimum Gasteiger partial charge on any atom is -0.235 e. The van der Waals surface area contributed by atoms with Gasteiger partial charge in [-0.2, -0.15) is 0 Å². The van der Waals surface area contributed by atoms with E-state index >= 15 is 0 Å². The van der Waals surface area contributed by atoms with E-state index in [4.69, 9.17) is 11.6 Å². The van der Waals surface area contributed by atoms with Crippen LogP contribution in [-0.4, -0.2) is 9.97 Å². The number of hydrogen-bond acceptors (Lipinski definition) is 3. The summed E-state index contributed by atoms with van der Waals surface area (Å²) in [5.74, 6) is -0.247. The van der Waals surface area contributed by atoms with E-state index < -0.39 is 0 Å². The van der Waals surface area contributed by atoms with Crippen LogP contribution in [0.3, 0.4) is 0 Å². The zero-order valence-electron chi connectivity index (χ0n) is 9.45. The fourth-order valence-electron chi connectivity index (χ4n) is 1.95. The van der Waals surface area contributed by atoms with Crippen LogP contribution in [0.5, 0.6) is 0 Å². The van der Waals surface area contributed by atoms with Gasteiger partial charge in [-0.15, -0.1) is 11.3 Å². The number of hydrogen-bond donors (Lipinski definition) is 0. The summed E-state index contributed by atoms with van der Waals surface area (Å²) in [7, 11) is 0. The van der Waals surface area contributed by atoms with Crippen LogP contribution in [0, 0.1) is 12.7 Å². The van der Waals surface area contributed by atoms with Crippen LogP contribution >= 0.6 is 22.9 Å². The number of halogens is 2. The van der Waals surface area contributed by atoms with Gasteiger partial charge in [0.05, 0.1) is 10.2 Å². The molecule has 18 heavy (non-hydrogen) atoms. The van der Waals surface area contributed by atoms with Crippen molar-refractivity contribution in [3.63, 3.8) is 0 Å². The normalized spacial score (nSPS) is 11.1. The van der Waals surface area contributed by atoms with Crippen LogP contribution in [0.2, 0.25) is 5.15 Å². The molecule has 2 aromatic heterocycles. The third-order valence-corrected chi connectivity index (χ3v) is 4.24. The Labute approximate surface area is 112 Å². The average molecular weight is 279 g/mol. The molecule has 2 heterocycles. The molecule has 0 amide bonds. The van der Waals surface area contributed by atoms with Gasteiger partial charge in [-0.1, -0.05) is 23.7 Å². The summed E-state index contributed by atoms with van der Waals surface area (Å²) >= 11 is 7.61. The summed E-state index contributed by atoms with van der Waals surface area (Å²) < 4.78 is 13.8. The summed E-state index contributed by atoms with van der Waals surface area (Å²) in [4.78, 5) is 9.35. The van der Waals surface area contributed by atoms with Crippen LogP contribution in [0.15, 0.2) is 30.6 Å². The first kappa shape index (κ1) is 11.6. The highest BCUT2D eigenvalue weighted by molar-refractivity contribution is 7.20. The van der Waals surface area contributed by atoms with E-state index in [9.17, 15) is 4.39 Å². The van der Waals surface area contributed by atoms with Gasteiger partial charge in [-0.25, -0.2) is 14.4 Å². The van der Waals surface area contributed by atoms with Crippen molar-refractivity contribution in [2.45, 2.75) is 6.92 Å². The Kier molecular flexibility index (Phi) is 2.76. The SMILES string of the molecule is Cc1sc2c(Cl)ncnc2c1-c1ccc(F)cc1. The number of benzene rings is 1. The summed E-state index contributed by atoms with van der Waals surface area (Å²) in [5, 5.41) is 0.460. The van der Waals surface area contributed by atoms with E-state index in [0.29, 0.717) is 5.15 Å². The lowest BCUT2D eigenvalue weighted by atomic mass is 10.1. The molecule has 0 radical (unpaired) electrons. The molecule has 0 aliphatic rings. The third kappa shape index (κ3) is 1.78. The molecule has 5 heteroatoms. The molecule has 0 atom stereocenters. The van der Waals surface area contributed by atoms with E-state index in [1.165, 1.54) is 18.5 Å². The van der Waals surface area contributed by atoms with Crippen molar-refractivity contribution in [3.8, 4) is 11.1 Å². The Morgan fingerprint density at radius 3 is 2.61 bits per heavy atom. The quantitative estimate of drug-likeness (QED) is 0.614. The number of nitrogens with zero attached hydrogens (tertiary/aromatic N) is 2. The molecular weight excluding hydrogens is 271 g/mol. The fourth-order valence-corrected chi connectivity index (χ4v) is 3.21. The smallest absolute Gasteiger partial charge is 0.150 e. The highest BCUT2D eigenvalue weighted by Crippen LogP contribution is 2.39. The minimum atomic E-state index is -0.247.